The molecule has 1 aliphatic rings. The summed E-state index contributed by atoms with van der Waals surface area (Å²) in [6, 6.07) is 6.24. The number of thioether (sulfide) groups is 1. The first-order valence-electron chi connectivity index (χ1n) is 6.87. The molecule has 1 aromatic carbocycles. The second-order valence-electron chi connectivity index (χ2n) is 5.11. The summed E-state index contributed by atoms with van der Waals surface area (Å²) in [5.74, 6) is 0.379. The predicted molar refractivity (Wildman–Crippen MR) is 86.5 cm³/mol. The largest absolute Gasteiger partial charge is 0.325 e. The Kier molecular flexibility index (Phi) is 5.66. The van der Waals surface area contributed by atoms with Crippen LogP contribution in [0.15, 0.2) is 29.2 Å². The van der Waals surface area contributed by atoms with Crippen molar-refractivity contribution in [2.45, 2.75) is 23.0 Å². The van der Waals surface area contributed by atoms with Crippen molar-refractivity contribution in [3.8, 4) is 0 Å². The normalized spacial score (nSPS) is 16.6. The zero-order valence-corrected chi connectivity index (χ0v) is 13.6. The van der Waals surface area contributed by atoms with Crippen LogP contribution >= 0.6 is 11.8 Å². The van der Waals surface area contributed by atoms with Gasteiger partial charge in [0, 0.05) is 17.2 Å². The summed E-state index contributed by atoms with van der Waals surface area (Å²) in [6.45, 7) is 2.04. The molecule has 21 heavy (non-hydrogen) atoms. The summed E-state index contributed by atoms with van der Waals surface area (Å²) in [4.78, 5) is 12.1. The third-order valence-electron chi connectivity index (χ3n) is 3.30. The third-order valence-corrected chi connectivity index (χ3v) is 5.80. The monoisotopic (exact) mass is 328 g/mol. The van der Waals surface area contributed by atoms with Crippen molar-refractivity contribution in [3.05, 3.63) is 24.3 Å². The van der Waals surface area contributed by atoms with Crippen LogP contribution in [0.1, 0.15) is 12.8 Å². The van der Waals surface area contributed by atoms with Gasteiger partial charge in [-0.25, -0.2) is 8.42 Å². The van der Waals surface area contributed by atoms with Crippen LogP contribution in [0.3, 0.4) is 0 Å². The van der Waals surface area contributed by atoms with Gasteiger partial charge < -0.3 is 10.6 Å². The highest BCUT2D eigenvalue weighted by atomic mass is 32.2. The van der Waals surface area contributed by atoms with E-state index in [1.54, 1.807) is 23.9 Å². The molecule has 0 aromatic heterocycles. The molecule has 0 saturated carbocycles. The number of hydrogen-bond acceptors (Lipinski definition) is 5. The number of sulfone groups is 1. The molecule has 1 fully saturated rings. The topological polar surface area (TPSA) is 75.3 Å². The summed E-state index contributed by atoms with van der Waals surface area (Å²) in [5.41, 5.74) is 0.623. The van der Waals surface area contributed by atoms with Crippen LogP contribution in [0, 0.1) is 0 Å². The number of hydrogen-bond donors (Lipinski definition) is 2. The van der Waals surface area contributed by atoms with E-state index in [9.17, 15) is 13.2 Å². The van der Waals surface area contributed by atoms with E-state index in [1.807, 2.05) is 0 Å². The highest BCUT2D eigenvalue weighted by Gasteiger charge is 2.15. The third kappa shape index (κ3) is 5.33. The number of anilines is 1. The van der Waals surface area contributed by atoms with Crippen molar-refractivity contribution in [2.24, 2.45) is 0 Å². The molecule has 1 amide bonds. The maximum absolute atomic E-state index is 11.9. The van der Waals surface area contributed by atoms with Gasteiger partial charge in [0.15, 0.2) is 9.84 Å². The number of carbonyl (C=O) groups excluding carboxylic acids is 1. The van der Waals surface area contributed by atoms with Crippen LogP contribution in [-0.4, -0.2) is 44.7 Å². The first-order chi connectivity index (χ1) is 9.95. The van der Waals surface area contributed by atoms with E-state index in [0.29, 0.717) is 16.7 Å². The van der Waals surface area contributed by atoms with Gasteiger partial charge in [0.05, 0.1) is 10.6 Å². The van der Waals surface area contributed by atoms with Crippen LogP contribution in [0.4, 0.5) is 5.69 Å². The molecule has 0 radical (unpaired) electrons. The van der Waals surface area contributed by atoms with E-state index >= 15 is 0 Å². The fourth-order valence-corrected chi connectivity index (χ4v) is 3.80. The molecule has 5 nitrogen and oxygen atoms in total. The summed E-state index contributed by atoms with van der Waals surface area (Å²) >= 11 is 1.68. The van der Waals surface area contributed by atoms with E-state index in [-0.39, 0.29) is 10.8 Å². The van der Waals surface area contributed by atoms with Gasteiger partial charge in [0.25, 0.3) is 0 Å². The average molecular weight is 328 g/mol. The molecule has 2 rings (SSSR count). The lowest BCUT2D eigenvalue weighted by Gasteiger charge is -2.21. The average Bonchev–Trinajstić information content (AvgIpc) is 2.46. The lowest BCUT2D eigenvalue weighted by atomic mass is 10.2. The van der Waals surface area contributed by atoms with Crippen molar-refractivity contribution < 1.29 is 13.2 Å². The van der Waals surface area contributed by atoms with Gasteiger partial charge in [-0.15, -0.1) is 11.8 Å². The predicted octanol–water partition coefficient (Wildman–Crippen LogP) is 1.51. The molecule has 0 spiro atoms. The fraction of sp³-hybridized carbons (Fsp3) is 0.500. The van der Waals surface area contributed by atoms with Crippen LogP contribution < -0.4 is 10.6 Å². The number of amides is 1. The van der Waals surface area contributed by atoms with E-state index < -0.39 is 9.84 Å². The number of nitrogens with one attached hydrogen (secondary N) is 2. The van der Waals surface area contributed by atoms with Gasteiger partial charge in [-0.1, -0.05) is 0 Å². The molecule has 1 aliphatic heterocycles. The van der Waals surface area contributed by atoms with Crippen LogP contribution in [-0.2, 0) is 14.6 Å². The fourth-order valence-electron chi connectivity index (χ4n) is 2.14. The Hall–Kier alpha value is -1.05. The van der Waals surface area contributed by atoms with Crippen molar-refractivity contribution in [3.63, 3.8) is 0 Å². The molecule has 0 aliphatic carbocycles. The first kappa shape index (κ1) is 16.3. The molecule has 1 saturated heterocycles. The van der Waals surface area contributed by atoms with Gasteiger partial charge in [-0.2, -0.15) is 0 Å². The van der Waals surface area contributed by atoms with E-state index in [0.717, 1.165) is 32.2 Å². The van der Waals surface area contributed by atoms with Gasteiger partial charge in [-0.05, 0) is 50.2 Å². The van der Waals surface area contributed by atoms with Crippen molar-refractivity contribution >= 4 is 33.2 Å². The molecule has 7 heteroatoms. The highest BCUT2D eigenvalue weighted by Crippen LogP contribution is 2.20. The Morgan fingerprint density at radius 3 is 2.48 bits per heavy atom. The van der Waals surface area contributed by atoms with Gasteiger partial charge in [0.1, 0.15) is 0 Å². The molecule has 0 bridgehead atoms. The molecular formula is C14H20N2O3S2. The smallest absolute Gasteiger partial charge is 0.234 e. The first-order valence-corrected chi connectivity index (χ1v) is 9.81. The van der Waals surface area contributed by atoms with Crippen LogP contribution in [0.5, 0.6) is 0 Å². The quantitative estimate of drug-likeness (QED) is 0.857. The van der Waals surface area contributed by atoms with E-state index in [1.165, 1.54) is 12.1 Å². The summed E-state index contributed by atoms with van der Waals surface area (Å²) in [5, 5.41) is 6.63. The number of benzene rings is 1. The van der Waals surface area contributed by atoms with E-state index in [4.69, 9.17) is 0 Å². The minimum absolute atomic E-state index is 0.0503. The number of carbonyl (C=O) groups is 1. The standard InChI is InChI=1S/C14H20N2O3S2/c1-21(18,19)13-4-2-11(3-5-13)16-14(17)10-20-12-6-8-15-9-7-12/h2-5,12,15H,6-10H2,1H3,(H,16,17). The maximum Gasteiger partial charge on any atom is 0.234 e. The minimum atomic E-state index is -3.20. The molecule has 1 heterocycles. The molecule has 2 N–H and O–H groups in total. The Morgan fingerprint density at radius 1 is 1.29 bits per heavy atom. The van der Waals surface area contributed by atoms with Crippen molar-refractivity contribution in [1.82, 2.24) is 5.32 Å². The van der Waals surface area contributed by atoms with E-state index in [2.05, 4.69) is 10.6 Å². The zero-order chi connectivity index (χ0) is 15.3. The summed E-state index contributed by atoms with van der Waals surface area (Å²) < 4.78 is 22.7. The maximum atomic E-state index is 11.9. The Balaban J connectivity index is 1.82. The second-order valence-corrected chi connectivity index (χ2v) is 8.41. The van der Waals surface area contributed by atoms with Crippen LogP contribution in [0.2, 0.25) is 0 Å². The van der Waals surface area contributed by atoms with Gasteiger partial charge in [0.2, 0.25) is 5.91 Å². The number of piperidine rings is 1. The Bertz CT molecular complexity index is 579. The summed E-state index contributed by atoms with van der Waals surface area (Å²) in [7, 11) is -3.20. The van der Waals surface area contributed by atoms with Crippen molar-refractivity contribution in [1.29, 1.82) is 0 Å². The Labute approximate surface area is 129 Å². The highest BCUT2D eigenvalue weighted by molar-refractivity contribution is 8.00. The molecule has 1 aromatic rings. The molecule has 0 unspecified atom stereocenters. The van der Waals surface area contributed by atoms with Crippen molar-refractivity contribution in [2.75, 3.05) is 30.4 Å². The molecule has 0 atom stereocenters. The molecular weight excluding hydrogens is 308 g/mol. The second kappa shape index (κ2) is 7.29. The minimum Gasteiger partial charge on any atom is -0.325 e. The lowest BCUT2D eigenvalue weighted by molar-refractivity contribution is -0.113. The SMILES string of the molecule is CS(=O)(=O)c1ccc(NC(=O)CSC2CCNCC2)cc1. The van der Waals surface area contributed by atoms with Crippen LogP contribution in [0.25, 0.3) is 0 Å². The van der Waals surface area contributed by atoms with Gasteiger partial charge in [-0.3, -0.25) is 4.79 Å². The summed E-state index contributed by atoms with van der Waals surface area (Å²) in [6.07, 6.45) is 3.36. The lowest BCUT2D eigenvalue weighted by Crippen LogP contribution is -2.30. The molecule has 116 valence electrons. The van der Waals surface area contributed by atoms with Gasteiger partial charge >= 0.3 is 0 Å². The zero-order valence-electron chi connectivity index (χ0n) is 12.0. The number of rotatable bonds is 5. The Morgan fingerprint density at radius 2 is 1.90 bits per heavy atom.